The number of aromatic amines is 1. The predicted molar refractivity (Wildman–Crippen MR) is 143 cm³/mol. The lowest BCUT2D eigenvalue weighted by atomic mass is 10.0. The van der Waals surface area contributed by atoms with Gasteiger partial charge in [-0.2, -0.15) is 0 Å². The number of amidine groups is 2. The zero-order valence-corrected chi connectivity index (χ0v) is 20.2. The number of carbonyl (C=O) groups is 1. The Balaban J connectivity index is 1.55. The first kappa shape index (κ1) is 24.2. The summed E-state index contributed by atoms with van der Waals surface area (Å²) < 4.78 is 0. The van der Waals surface area contributed by atoms with Crippen molar-refractivity contribution in [2.75, 3.05) is 6.54 Å². The van der Waals surface area contributed by atoms with Gasteiger partial charge in [-0.1, -0.05) is 60.7 Å². The number of amides is 1. The molecule has 3 aromatic carbocycles. The monoisotopic (exact) mass is 468 g/mol. The van der Waals surface area contributed by atoms with E-state index in [0.717, 1.165) is 32.8 Å². The van der Waals surface area contributed by atoms with Gasteiger partial charge in [0, 0.05) is 23.5 Å². The summed E-state index contributed by atoms with van der Waals surface area (Å²) in [6.07, 6.45) is 3.12. The highest BCUT2D eigenvalue weighted by molar-refractivity contribution is 6.01. The molecule has 4 rings (SSSR count). The quantitative estimate of drug-likeness (QED) is 0.192. The second-order valence-electron chi connectivity index (χ2n) is 9.38. The number of carbonyl (C=O) groups excluding carboxylic acids is 1. The minimum atomic E-state index is -1.04. The Labute approximate surface area is 205 Å². The molecule has 0 radical (unpaired) electrons. The number of hydrogen-bond acceptors (Lipinski definition) is 4. The van der Waals surface area contributed by atoms with E-state index in [2.05, 4.69) is 34.6 Å². The van der Waals surface area contributed by atoms with Gasteiger partial charge in [-0.3, -0.25) is 15.6 Å². The predicted octanol–water partition coefficient (Wildman–Crippen LogP) is 4.56. The van der Waals surface area contributed by atoms with Crippen molar-refractivity contribution in [3.8, 4) is 0 Å². The Morgan fingerprint density at radius 2 is 1.63 bits per heavy atom. The van der Waals surface area contributed by atoms with E-state index < -0.39 is 5.54 Å². The van der Waals surface area contributed by atoms with Crippen LogP contribution in [0.2, 0.25) is 0 Å². The summed E-state index contributed by atoms with van der Waals surface area (Å²) in [5.74, 6) is 0.145. The van der Waals surface area contributed by atoms with Gasteiger partial charge in [0.2, 0.25) is 5.91 Å². The number of rotatable bonds is 8. The lowest BCUT2D eigenvalue weighted by Gasteiger charge is -2.27. The summed E-state index contributed by atoms with van der Waals surface area (Å²) in [6, 6.07) is 22.3. The van der Waals surface area contributed by atoms with Crippen LogP contribution in [0.5, 0.6) is 0 Å². The summed E-state index contributed by atoms with van der Waals surface area (Å²) in [5, 5.41) is 23.7. The summed E-state index contributed by atoms with van der Waals surface area (Å²) in [6.45, 7) is 3.63. The van der Waals surface area contributed by atoms with Gasteiger partial charge in [-0.25, -0.2) is 0 Å². The summed E-state index contributed by atoms with van der Waals surface area (Å²) in [7, 11) is 0. The van der Waals surface area contributed by atoms with Gasteiger partial charge in [0.05, 0.1) is 18.6 Å². The number of fused-ring (bicyclic) bond motifs is 2. The minimum absolute atomic E-state index is 0.000303. The van der Waals surface area contributed by atoms with E-state index in [-0.39, 0.29) is 18.3 Å². The highest BCUT2D eigenvalue weighted by atomic mass is 16.2. The molecule has 7 heteroatoms. The van der Waals surface area contributed by atoms with Crippen molar-refractivity contribution in [3.63, 3.8) is 0 Å². The van der Waals surface area contributed by atoms with Crippen LogP contribution in [0.3, 0.4) is 0 Å². The average Bonchev–Trinajstić information content (AvgIpc) is 3.26. The van der Waals surface area contributed by atoms with Gasteiger partial charge in [-0.15, -0.1) is 0 Å². The summed E-state index contributed by atoms with van der Waals surface area (Å²) >= 11 is 0. The van der Waals surface area contributed by atoms with Gasteiger partial charge in [0.1, 0.15) is 11.7 Å². The molecule has 0 unspecified atom stereocenters. The summed E-state index contributed by atoms with van der Waals surface area (Å²) in [5.41, 5.74) is 8.09. The Kier molecular flexibility index (Phi) is 6.98. The number of H-pyrrole nitrogens is 1. The number of aryl methyl sites for hydroxylation is 1. The van der Waals surface area contributed by atoms with Gasteiger partial charge in [-0.05, 0) is 48.2 Å². The largest absolute Gasteiger partial charge is 0.361 e. The van der Waals surface area contributed by atoms with Crippen LogP contribution in [0, 0.1) is 10.8 Å². The van der Waals surface area contributed by atoms with Crippen LogP contribution in [-0.4, -0.2) is 39.5 Å². The molecule has 0 atom stereocenters. The molecule has 1 amide bonds. The third-order valence-electron chi connectivity index (χ3n) is 6.17. The molecule has 7 nitrogen and oxygen atoms in total. The maximum atomic E-state index is 12.3. The maximum Gasteiger partial charge on any atom is 0.239 e. The summed E-state index contributed by atoms with van der Waals surface area (Å²) in [4.78, 5) is 17.3. The maximum absolute atomic E-state index is 12.3. The molecule has 0 spiro atoms. The van der Waals surface area contributed by atoms with Gasteiger partial charge >= 0.3 is 0 Å². The van der Waals surface area contributed by atoms with E-state index >= 15 is 0 Å². The van der Waals surface area contributed by atoms with Crippen molar-refractivity contribution in [1.29, 1.82) is 10.8 Å². The van der Waals surface area contributed by atoms with Crippen LogP contribution in [0.15, 0.2) is 72.9 Å². The molecule has 0 bridgehead atoms. The second kappa shape index (κ2) is 10.1. The SMILES string of the molecule is CC(C)(N)C(=O)NCC(=N)N(Cc1cccc2ccccc12)C(=N)CCc1c[nH]c2ccccc12. The van der Waals surface area contributed by atoms with E-state index in [1.54, 1.807) is 18.7 Å². The van der Waals surface area contributed by atoms with E-state index in [1.807, 2.05) is 48.7 Å². The number of para-hydroxylation sites is 1. The fourth-order valence-corrected chi connectivity index (χ4v) is 4.17. The van der Waals surface area contributed by atoms with Crippen LogP contribution in [0.25, 0.3) is 21.7 Å². The molecule has 35 heavy (non-hydrogen) atoms. The Hall–Kier alpha value is -3.97. The van der Waals surface area contributed by atoms with Crippen LogP contribution in [-0.2, 0) is 17.8 Å². The van der Waals surface area contributed by atoms with E-state index in [1.165, 1.54) is 0 Å². The first-order chi connectivity index (χ1) is 16.7. The molecular formula is C28H32N6O. The molecule has 0 saturated carbocycles. The molecule has 6 N–H and O–H groups in total. The molecule has 0 aliphatic heterocycles. The Morgan fingerprint density at radius 1 is 0.943 bits per heavy atom. The van der Waals surface area contributed by atoms with Gasteiger partial charge < -0.3 is 20.9 Å². The van der Waals surface area contributed by atoms with Crippen molar-refractivity contribution in [3.05, 3.63) is 84.1 Å². The van der Waals surface area contributed by atoms with Crippen molar-refractivity contribution in [1.82, 2.24) is 15.2 Å². The topological polar surface area (TPSA) is 122 Å². The van der Waals surface area contributed by atoms with Gasteiger partial charge in [0.15, 0.2) is 0 Å². The average molecular weight is 469 g/mol. The highest BCUT2D eigenvalue weighted by Crippen LogP contribution is 2.22. The minimum Gasteiger partial charge on any atom is -0.361 e. The van der Waals surface area contributed by atoms with Crippen LogP contribution >= 0.6 is 0 Å². The number of nitrogens with two attached hydrogens (primary N) is 1. The Bertz CT molecular complexity index is 1380. The lowest BCUT2D eigenvalue weighted by molar-refractivity contribution is -0.124. The van der Waals surface area contributed by atoms with Crippen LogP contribution in [0.4, 0.5) is 0 Å². The van der Waals surface area contributed by atoms with Crippen LogP contribution < -0.4 is 11.1 Å². The number of nitrogens with zero attached hydrogens (tertiary/aromatic N) is 1. The zero-order valence-electron chi connectivity index (χ0n) is 20.2. The number of benzene rings is 3. The van der Waals surface area contributed by atoms with E-state index in [0.29, 0.717) is 25.2 Å². The van der Waals surface area contributed by atoms with Crippen LogP contribution in [0.1, 0.15) is 31.4 Å². The zero-order chi connectivity index (χ0) is 25.0. The molecule has 1 aromatic heterocycles. The molecule has 4 aromatic rings. The molecule has 1 heterocycles. The molecule has 0 fully saturated rings. The van der Waals surface area contributed by atoms with E-state index in [4.69, 9.17) is 16.6 Å². The third kappa shape index (κ3) is 5.58. The highest BCUT2D eigenvalue weighted by Gasteiger charge is 2.23. The molecule has 0 aliphatic carbocycles. The first-order valence-electron chi connectivity index (χ1n) is 11.8. The molecular weight excluding hydrogens is 436 g/mol. The fraction of sp³-hybridized carbons (Fsp3) is 0.250. The van der Waals surface area contributed by atoms with Crippen molar-refractivity contribution in [2.45, 2.75) is 38.8 Å². The van der Waals surface area contributed by atoms with Gasteiger partial charge in [0.25, 0.3) is 0 Å². The molecule has 0 saturated heterocycles. The number of aromatic nitrogens is 1. The van der Waals surface area contributed by atoms with Crippen molar-refractivity contribution >= 4 is 39.3 Å². The molecule has 0 aliphatic rings. The molecule has 180 valence electrons. The second-order valence-corrected chi connectivity index (χ2v) is 9.38. The van der Waals surface area contributed by atoms with E-state index in [9.17, 15) is 4.79 Å². The smallest absolute Gasteiger partial charge is 0.239 e. The first-order valence-corrected chi connectivity index (χ1v) is 11.8. The normalized spacial score (nSPS) is 11.5. The lowest BCUT2D eigenvalue weighted by Crippen LogP contribution is -2.52. The van der Waals surface area contributed by atoms with Crippen molar-refractivity contribution in [2.24, 2.45) is 5.73 Å². The third-order valence-corrected chi connectivity index (χ3v) is 6.17. The standard InChI is InChI=1S/C28H32N6O/c1-28(2,31)27(35)33-17-26(30)34(18-21-10-7-9-19-8-3-4-11-22(19)21)25(29)15-14-20-16-32-24-13-6-5-12-23(20)24/h3-13,16,29-30,32H,14-15,17-18,31H2,1-2H3,(H,33,35). The fourth-order valence-electron chi connectivity index (χ4n) is 4.17. The Morgan fingerprint density at radius 3 is 2.40 bits per heavy atom. The van der Waals surface area contributed by atoms with Crippen molar-refractivity contribution < 1.29 is 4.79 Å². The number of hydrogen-bond donors (Lipinski definition) is 5. The number of nitrogens with one attached hydrogen (secondary N) is 4.